The van der Waals surface area contributed by atoms with E-state index in [-0.39, 0.29) is 6.17 Å². The number of hydrogen-bond acceptors (Lipinski definition) is 4. The van der Waals surface area contributed by atoms with E-state index in [9.17, 15) is 0 Å². The van der Waals surface area contributed by atoms with E-state index in [2.05, 4.69) is 126 Å². The fourth-order valence-corrected chi connectivity index (χ4v) is 4.98. The molecule has 0 spiro atoms. The molecule has 2 aliphatic heterocycles. The Kier molecular flexibility index (Phi) is 8.45. The summed E-state index contributed by atoms with van der Waals surface area (Å²) in [6, 6.07) is 35.9. The Balaban J connectivity index is 0.00000151. The van der Waals surface area contributed by atoms with E-state index in [4.69, 9.17) is 17.6 Å². The minimum atomic E-state index is -0.188. The van der Waals surface area contributed by atoms with Gasteiger partial charge in [-0.15, -0.1) is 12.6 Å². The lowest BCUT2D eigenvalue weighted by Gasteiger charge is -2.25. The summed E-state index contributed by atoms with van der Waals surface area (Å²) in [6.07, 6.45) is 8.29. The molecule has 4 aromatic carbocycles. The van der Waals surface area contributed by atoms with Crippen molar-refractivity contribution in [2.24, 2.45) is 4.99 Å². The Morgan fingerprint density at radius 2 is 1.36 bits per heavy atom. The second-order valence-electron chi connectivity index (χ2n) is 9.15. The molecule has 0 bridgehead atoms. The van der Waals surface area contributed by atoms with Gasteiger partial charge < -0.3 is 10.6 Å². The van der Waals surface area contributed by atoms with Crippen LogP contribution in [0.25, 0.3) is 22.4 Å². The molecule has 1 atom stereocenters. The zero-order valence-electron chi connectivity index (χ0n) is 22.3. The number of nitrogens with zero attached hydrogens (tertiary/aromatic N) is 1. The molecule has 0 amide bonds. The van der Waals surface area contributed by atoms with Crippen LogP contribution >= 0.6 is 12.6 Å². The van der Waals surface area contributed by atoms with E-state index < -0.39 is 0 Å². The quantitative estimate of drug-likeness (QED) is 0.228. The number of hydrogen-bond donors (Lipinski definition) is 3. The lowest BCUT2D eigenvalue weighted by molar-refractivity contribution is 0.664. The Morgan fingerprint density at radius 1 is 0.718 bits per heavy atom. The number of benzene rings is 4. The molecule has 39 heavy (non-hydrogen) atoms. The minimum absolute atomic E-state index is 0.188. The van der Waals surface area contributed by atoms with Crippen LogP contribution in [0.2, 0.25) is 0 Å². The first-order valence-corrected chi connectivity index (χ1v) is 13.9. The minimum Gasteiger partial charge on any atom is -0.387 e. The summed E-state index contributed by atoms with van der Waals surface area (Å²) >= 11 is 4.73. The lowest BCUT2D eigenvalue weighted by Crippen LogP contribution is -2.24. The SMILES string of the molecule is CC.Sc1cc(C2=CNCC=C2)cc(C2=NC(c3ccccc3)NC(c3ccc(-c4ccccc4)cc3)=C2)c1. The predicted octanol–water partition coefficient (Wildman–Crippen LogP) is 8.30. The first-order chi connectivity index (χ1) is 19.2. The van der Waals surface area contributed by atoms with Crippen LogP contribution in [0, 0.1) is 0 Å². The molecule has 3 nitrogen and oxygen atoms in total. The van der Waals surface area contributed by atoms with Gasteiger partial charge in [-0.2, -0.15) is 0 Å². The van der Waals surface area contributed by atoms with Crippen LogP contribution < -0.4 is 10.6 Å². The Hall–Kier alpha value is -4.28. The van der Waals surface area contributed by atoms with Gasteiger partial charge in [-0.05, 0) is 57.7 Å². The molecule has 0 aromatic heterocycles. The first kappa shape index (κ1) is 26.3. The molecule has 6 rings (SSSR count). The van der Waals surface area contributed by atoms with Crippen molar-refractivity contribution in [3.63, 3.8) is 0 Å². The summed E-state index contributed by atoms with van der Waals surface area (Å²) in [5.74, 6) is 0. The second-order valence-corrected chi connectivity index (χ2v) is 9.67. The highest BCUT2D eigenvalue weighted by Gasteiger charge is 2.20. The summed E-state index contributed by atoms with van der Waals surface area (Å²) in [5.41, 5.74) is 9.93. The highest BCUT2D eigenvalue weighted by molar-refractivity contribution is 7.80. The monoisotopic (exact) mass is 527 g/mol. The highest BCUT2D eigenvalue weighted by Crippen LogP contribution is 2.30. The lowest BCUT2D eigenvalue weighted by atomic mass is 9.97. The van der Waals surface area contributed by atoms with Crippen molar-refractivity contribution in [1.29, 1.82) is 0 Å². The maximum atomic E-state index is 5.13. The molecule has 4 heteroatoms. The van der Waals surface area contributed by atoms with E-state index >= 15 is 0 Å². The van der Waals surface area contributed by atoms with E-state index in [1.54, 1.807) is 0 Å². The van der Waals surface area contributed by atoms with Crippen LogP contribution in [0.4, 0.5) is 0 Å². The molecule has 2 aliphatic rings. The summed E-state index contributed by atoms with van der Waals surface area (Å²) in [5, 5.41) is 6.96. The third kappa shape index (κ3) is 6.24. The fourth-order valence-electron chi connectivity index (χ4n) is 4.70. The van der Waals surface area contributed by atoms with Crippen molar-refractivity contribution in [2.45, 2.75) is 24.9 Å². The van der Waals surface area contributed by atoms with Gasteiger partial charge in [0.05, 0.1) is 5.71 Å². The molecule has 194 valence electrons. The maximum Gasteiger partial charge on any atom is 0.145 e. The molecule has 0 aliphatic carbocycles. The zero-order chi connectivity index (χ0) is 27.0. The molecule has 2 N–H and O–H groups in total. The molecule has 0 saturated heterocycles. The van der Waals surface area contributed by atoms with Crippen molar-refractivity contribution < 1.29 is 0 Å². The van der Waals surface area contributed by atoms with E-state index in [0.29, 0.717) is 0 Å². The maximum absolute atomic E-state index is 5.13. The topological polar surface area (TPSA) is 36.4 Å². The smallest absolute Gasteiger partial charge is 0.145 e. The van der Waals surface area contributed by atoms with Crippen molar-refractivity contribution >= 4 is 29.6 Å². The van der Waals surface area contributed by atoms with Gasteiger partial charge in [0.25, 0.3) is 0 Å². The number of thiol groups is 1. The molecule has 1 unspecified atom stereocenters. The van der Waals surface area contributed by atoms with Gasteiger partial charge in [-0.25, -0.2) is 0 Å². The van der Waals surface area contributed by atoms with Gasteiger partial charge in [0.1, 0.15) is 6.17 Å². The number of aliphatic imine (C=N–C) groups is 1. The van der Waals surface area contributed by atoms with Crippen LogP contribution in [0.3, 0.4) is 0 Å². The van der Waals surface area contributed by atoms with Crippen molar-refractivity contribution in [1.82, 2.24) is 10.6 Å². The van der Waals surface area contributed by atoms with Crippen LogP contribution in [0.5, 0.6) is 0 Å². The van der Waals surface area contributed by atoms with Gasteiger partial charge in [0.2, 0.25) is 0 Å². The number of allylic oxidation sites excluding steroid dienone is 3. The van der Waals surface area contributed by atoms with Crippen LogP contribution in [-0.2, 0) is 0 Å². The summed E-state index contributed by atoms with van der Waals surface area (Å²) < 4.78 is 0. The fraction of sp³-hybridized carbons (Fsp3) is 0.114. The number of dihydropyridines is 1. The highest BCUT2D eigenvalue weighted by atomic mass is 32.1. The van der Waals surface area contributed by atoms with Crippen molar-refractivity contribution in [3.8, 4) is 11.1 Å². The van der Waals surface area contributed by atoms with Gasteiger partial charge in [0, 0.05) is 28.9 Å². The molecule has 2 heterocycles. The normalized spacial score (nSPS) is 16.0. The molecule has 4 aromatic rings. The van der Waals surface area contributed by atoms with E-state index in [1.807, 2.05) is 26.0 Å². The average molecular weight is 528 g/mol. The molecular formula is C35H33N3S. The van der Waals surface area contributed by atoms with Gasteiger partial charge >= 0.3 is 0 Å². The third-order valence-corrected chi connectivity index (χ3v) is 6.86. The molecule has 0 saturated carbocycles. The van der Waals surface area contributed by atoms with Gasteiger partial charge in [0.15, 0.2) is 0 Å². The Labute approximate surface area is 237 Å². The summed E-state index contributed by atoms with van der Waals surface area (Å²) in [6.45, 7) is 4.85. The predicted molar refractivity (Wildman–Crippen MR) is 169 cm³/mol. The van der Waals surface area contributed by atoms with Gasteiger partial charge in [-0.1, -0.05) is 111 Å². The van der Waals surface area contributed by atoms with Crippen molar-refractivity contribution in [2.75, 3.05) is 6.54 Å². The number of nitrogens with one attached hydrogen (secondary N) is 2. The van der Waals surface area contributed by atoms with Crippen molar-refractivity contribution in [3.05, 3.63) is 150 Å². The number of rotatable bonds is 5. The Bertz CT molecular complexity index is 1530. The standard InChI is InChI=1S/C33H27N3S.C2H6/c37-30-19-28(27-12-7-17-34-22-27)18-29(20-30)32-21-31(35-33(36-32)26-10-5-2-6-11-26)25-15-13-24(14-16-25)23-8-3-1-4-9-23;1-2/h1-16,18-22,33-35,37H,17H2;1-2H3. The second kappa shape index (κ2) is 12.5. The first-order valence-electron chi connectivity index (χ1n) is 13.4. The molecule has 0 fully saturated rings. The zero-order valence-corrected chi connectivity index (χ0v) is 23.2. The molecule has 0 radical (unpaired) electrons. The molecular weight excluding hydrogens is 494 g/mol. The van der Waals surface area contributed by atoms with E-state index in [0.717, 1.165) is 50.7 Å². The third-order valence-electron chi connectivity index (χ3n) is 6.60. The average Bonchev–Trinajstić information content (AvgIpc) is 3.03. The van der Waals surface area contributed by atoms with Crippen LogP contribution in [-0.4, -0.2) is 12.3 Å². The summed E-state index contributed by atoms with van der Waals surface area (Å²) in [4.78, 5) is 6.04. The largest absolute Gasteiger partial charge is 0.387 e. The van der Waals surface area contributed by atoms with E-state index in [1.165, 1.54) is 11.1 Å². The van der Waals surface area contributed by atoms with Crippen LogP contribution in [0.15, 0.2) is 137 Å². The van der Waals surface area contributed by atoms with Crippen LogP contribution in [0.1, 0.15) is 42.3 Å². The Morgan fingerprint density at radius 3 is 2.05 bits per heavy atom. The van der Waals surface area contributed by atoms with Gasteiger partial charge in [-0.3, -0.25) is 4.99 Å². The summed E-state index contributed by atoms with van der Waals surface area (Å²) in [7, 11) is 0.